The van der Waals surface area contributed by atoms with E-state index in [9.17, 15) is 8.42 Å². The van der Waals surface area contributed by atoms with Gasteiger partial charge in [-0.05, 0) is 6.92 Å². The predicted molar refractivity (Wildman–Crippen MR) is 46.0 cm³/mol. The Labute approximate surface area is 72.0 Å². The molecule has 12 heavy (non-hydrogen) atoms. The van der Waals surface area contributed by atoms with Gasteiger partial charge in [0.2, 0.25) is 5.90 Å². The molecule has 0 radical (unpaired) electrons. The molecule has 5 heteroatoms. The van der Waals surface area contributed by atoms with E-state index in [1.807, 2.05) is 13.8 Å². The van der Waals surface area contributed by atoms with Crippen molar-refractivity contribution in [2.75, 3.05) is 0 Å². The summed E-state index contributed by atoms with van der Waals surface area (Å²) in [6.45, 7) is 5.24. The van der Waals surface area contributed by atoms with Crippen LogP contribution in [0.25, 0.3) is 0 Å². The number of sulfonamides is 1. The van der Waals surface area contributed by atoms with Gasteiger partial charge in [-0.2, -0.15) is 8.42 Å². The molecule has 0 atom stereocenters. The normalized spacial score (nSPS) is 21.3. The molecule has 0 aromatic heterocycles. The van der Waals surface area contributed by atoms with Gasteiger partial charge in [0.05, 0.1) is 5.41 Å². The lowest BCUT2D eigenvalue weighted by Crippen LogP contribution is -2.17. The first-order chi connectivity index (χ1) is 5.41. The minimum atomic E-state index is -3.43. The van der Waals surface area contributed by atoms with Gasteiger partial charge in [-0.25, -0.2) is 0 Å². The van der Waals surface area contributed by atoms with Crippen LogP contribution in [0.2, 0.25) is 0 Å². The van der Waals surface area contributed by atoms with Crippen LogP contribution < -0.4 is 0 Å². The molecule has 4 nitrogen and oxygen atoms in total. The lowest BCUT2D eigenvalue weighted by atomic mass is 10.2. The summed E-state index contributed by atoms with van der Waals surface area (Å²) in [5.41, 5.74) is 0. The van der Waals surface area contributed by atoms with E-state index in [2.05, 4.69) is 4.40 Å². The lowest BCUT2D eigenvalue weighted by Gasteiger charge is -2.14. The topological polar surface area (TPSA) is 55.7 Å². The fraction of sp³-hybridized carbons (Fsp3) is 0.571. The van der Waals surface area contributed by atoms with Crippen molar-refractivity contribution in [1.82, 2.24) is 0 Å². The van der Waals surface area contributed by atoms with Crippen LogP contribution in [0.3, 0.4) is 0 Å². The van der Waals surface area contributed by atoms with E-state index in [0.29, 0.717) is 5.76 Å². The van der Waals surface area contributed by atoms with Crippen molar-refractivity contribution in [3.8, 4) is 0 Å². The maximum absolute atomic E-state index is 11.0. The highest BCUT2D eigenvalue weighted by atomic mass is 32.2. The first kappa shape index (κ1) is 9.25. The largest absolute Gasteiger partial charge is 0.446 e. The summed E-state index contributed by atoms with van der Waals surface area (Å²) in [6, 6.07) is 0. The van der Waals surface area contributed by atoms with Crippen LogP contribution in [0.15, 0.2) is 15.6 Å². The second-order valence-electron chi connectivity index (χ2n) is 2.93. The van der Waals surface area contributed by atoms with E-state index in [1.165, 1.54) is 0 Å². The van der Waals surface area contributed by atoms with Crippen molar-refractivity contribution in [2.45, 2.75) is 20.8 Å². The minimum Gasteiger partial charge on any atom is -0.446 e. The molecule has 1 heterocycles. The molecule has 1 rings (SSSR count). The number of nitrogens with zero attached hydrogens (tertiary/aromatic N) is 1. The molecular weight excluding hydrogens is 178 g/mol. The van der Waals surface area contributed by atoms with E-state index in [-0.39, 0.29) is 11.8 Å². The van der Waals surface area contributed by atoms with Gasteiger partial charge >= 0.3 is 0 Å². The van der Waals surface area contributed by atoms with Gasteiger partial charge in [0.15, 0.2) is 0 Å². The Morgan fingerprint density at radius 3 is 2.50 bits per heavy atom. The maximum atomic E-state index is 11.0. The first-order valence-electron chi connectivity index (χ1n) is 3.62. The van der Waals surface area contributed by atoms with Gasteiger partial charge in [0.1, 0.15) is 5.76 Å². The number of hydrogen-bond acceptors (Lipinski definition) is 3. The van der Waals surface area contributed by atoms with E-state index >= 15 is 0 Å². The molecule has 1 aliphatic rings. The zero-order valence-corrected chi connectivity index (χ0v) is 8.05. The first-order valence-corrected chi connectivity index (χ1v) is 5.12. The van der Waals surface area contributed by atoms with Crippen molar-refractivity contribution in [2.24, 2.45) is 10.3 Å². The lowest BCUT2D eigenvalue weighted by molar-refractivity contribution is 0.387. The SMILES string of the molecule is CC1=CS(=O)(=O)N=C(C(C)C)O1. The molecule has 1 aliphatic heterocycles. The van der Waals surface area contributed by atoms with Gasteiger partial charge in [-0.15, -0.1) is 4.40 Å². The van der Waals surface area contributed by atoms with Gasteiger partial charge in [-0.1, -0.05) is 13.8 Å². The van der Waals surface area contributed by atoms with Crippen LogP contribution in [0.1, 0.15) is 20.8 Å². The number of hydrogen-bond donors (Lipinski definition) is 0. The van der Waals surface area contributed by atoms with Crippen LogP contribution in [-0.2, 0) is 14.8 Å². The minimum absolute atomic E-state index is 0.0107. The van der Waals surface area contributed by atoms with Gasteiger partial charge < -0.3 is 4.74 Å². The molecule has 0 unspecified atom stereocenters. The summed E-state index contributed by atoms with van der Waals surface area (Å²) in [7, 11) is -3.43. The van der Waals surface area contributed by atoms with Crippen LogP contribution in [0.4, 0.5) is 0 Å². The number of allylic oxidation sites excluding steroid dienone is 1. The monoisotopic (exact) mass is 189 g/mol. The fourth-order valence-electron chi connectivity index (χ4n) is 0.792. The molecule has 0 N–H and O–H groups in total. The summed E-state index contributed by atoms with van der Waals surface area (Å²) in [4.78, 5) is 0. The van der Waals surface area contributed by atoms with Gasteiger partial charge in [0.25, 0.3) is 10.0 Å². The maximum Gasteiger partial charge on any atom is 0.281 e. The highest BCUT2D eigenvalue weighted by molar-refractivity contribution is 7.93. The second kappa shape index (κ2) is 2.90. The van der Waals surface area contributed by atoms with Crippen molar-refractivity contribution in [3.63, 3.8) is 0 Å². The third-order valence-electron chi connectivity index (χ3n) is 1.29. The van der Waals surface area contributed by atoms with Crippen molar-refractivity contribution in [3.05, 3.63) is 11.2 Å². The zero-order valence-electron chi connectivity index (χ0n) is 7.23. The summed E-state index contributed by atoms with van der Waals surface area (Å²) in [5, 5.41) is 1.01. The fourth-order valence-corrected chi connectivity index (χ4v) is 1.81. The van der Waals surface area contributed by atoms with Crippen LogP contribution in [-0.4, -0.2) is 14.3 Å². The Kier molecular flexibility index (Phi) is 2.23. The summed E-state index contributed by atoms with van der Waals surface area (Å²) < 4.78 is 30.6. The molecule has 0 amide bonds. The average molecular weight is 189 g/mol. The summed E-state index contributed by atoms with van der Waals surface area (Å²) in [5.74, 6) is 0.618. The van der Waals surface area contributed by atoms with Crippen LogP contribution in [0.5, 0.6) is 0 Å². The molecule has 0 aliphatic carbocycles. The van der Waals surface area contributed by atoms with Crippen molar-refractivity contribution in [1.29, 1.82) is 0 Å². The zero-order chi connectivity index (χ0) is 9.35. The van der Waals surface area contributed by atoms with E-state index in [0.717, 1.165) is 5.41 Å². The highest BCUT2D eigenvalue weighted by Gasteiger charge is 2.19. The van der Waals surface area contributed by atoms with E-state index < -0.39 is 10.0 Å². The van der Waals surface area contributed by atoms with Crippen LogP contribution >= 0.6 is 0 Å². The van der Waals surface area contributed by atoms with Gasteiger partial charge in [0, 0.05) is 5.92 Å². The summed E-state index contributed by atoms with van der Waals surface area (Å²) in [6.07, 6.45) is 0. The van der Waals surface area contributed by atoms with E-state index in [1.54, 1.807) is 6.92 Å². The Morgan fingerprint density at radius 1 is 1.50 bits per heavy atom. The quantitative estimate of drug-likeness (QED) is 0.624. The van der Waals surface area contributed by atoms with Crippen LogP contribution in [0, 0.1) is 5.92 Å². The standard InChI is InChI=1S/C7H11NO3S/c1-5(2)7-8-12(9,10)4-6(3)11-7/h4-5H,1-3H3. The molecule has 0 bridgehead atoms. The third kappa shape index (κ3) is 2.07. The second-order valence-corrected chi connectivity index (χ2v) is 4.38. The smallest absolute Gasteiger partial charge is 0.281 e. The highest BCUT2D eigenvalue weighted by Crippen LogP contribution is 2.15. The van der Waals surface area contributed by atoms with Gasteiger partial charge in [-0.3, -0.25) is 0 Å². The van der Waals surface area contributed by atoms with Crippen molar-refractivity contribution >= 4 is 15.9 Å². The Morgan fingerprint density at radius 2 is 2.08 bits per heavy atom. The Hall–Kier alpha value is -0.840. The third-order valence-corrected chi connectivity index (χ3v) is 2.36. The molecule has 0 saturated heterocycles. The Balaban J connectivity index is 3.05. The molecule has 0 spiro atoms. The van der Waals surface area contributed by atoms with E-state index in [4.69, 9.17) is 4.74 Å². The molecule has 0 aromatic rings. The molecule has 68 valence electrons. The molecular formula is C7H11NO3S. The molecule has 0 aromatic carbocycles. The average Bonchev–Trinajstić information content (AvgIpc) is 1.82. The summed E-state index contributed by atoms with van der Waals surface area (Å²) >= 11 is 0. The predicted octanol–water partition coefficient (Wildman–Crippen LogP) is 1.26. The number of ether oxygens (including phenoxy) is 1. The number of rotatable bonds is 1. The molecule has 0 saturated carbocycles. The van der Waals surface area contributed by atoms with Crippen molar-refractivity contribution < 1.29 is 13.2 Å². The Bertz CT molecular complexity index is 338. The molecule has 0 fully saturated rings.